The summed E-state index contributed by atoms with van der Waals surface area (Å²) in [4.78, 5) is 17.8. The first-order valence-electron chi connectivity index (χ1n) is 6.53. The number of carbonyl (C=O) groups is 1. The van der Waals surface area contributed by atoms with E-state index >= 15 is 0 Å². The highest BCUT2D eigenvalue weighted by molar-refractivity contribution is 7.86. The second-order valence-corrected chi connectivity index (χ2v) is 7.53. The number of anilines is 1. The topological polar surface area (TPSA) is 76.6 Å². The average molecular weight is 344 g/mol. The number of amides is 1. The molecule has 1 aliphatic rings. The van der Waals surface area contributed by atoms with Crippen LogP contribution in [0, 0.1) is 5.92 Å². The van der Waals surface area contributed by atoms with Crippen LogP contribution in [0.25, 0.3) is 10.2 Å². The van der Waals surface area contributed by atoms with Gasteiger partial charge in [0.1, 0.15) is 5.75 Å². The number of ether oxygens (including phenoxy) is 1. The highest BCUT2D eigenvalue weighted by Crippen LogP contribution is 2.34. The minimum absolute atomic E-state index is 0.0163. The van der Waals surface area contributed by atoms with Crippen molar-refractivity contribution in [2.24, 2.45) is 5.92 Å². The summed E-state index contributed by atoms with van der Waals surface area (Å²) < 4.78 is 40.2. The van der Waals surface area contributed by atoms with Crippen LogP contribution >= 0.6 is 11.3 Å². The molecule has 2 aromatic rings. The number of nitrogens with zero attached hydrogens (tertiary/aromatic N) is 2. The van der Waals surface area contributed by atoms with E-state index in [1.807, 2.05) is 6.07 Å². The van der Waals surface area contributed by atoms with E-state index in [-0.39, 0.29) is 18.9 Å². The molecule has 1 aromatic heterocycles. The van der Waals surface area contributed by atoms with Gasteiger partial charge in [-0.1, -0.05) is 11.3 Å². The zero-order valence-corrected chi connectivity index (χ0v) is 13.3. The number of hydrogen-bond donors (Lipinski definition) is 0. The molecule has 1 atom stereocenters. The van der Waals surface area contributed by atoms with E-state index in [2.05, 4.69) is 4.98 Å². The van der Waals surface area contributed by atoms with Gasteiger partial charge in [0.2, 0.25) is 5.91 Å². The molecule has 9 heteroatoms. The number of fused-ring (bicyclic) bond motifs is 1. The molecule has 0 spiro atoms. The standard InChI is InChI=1S/C13H13FN2O4S2/c1-20-9-2-3-11-10(5-9)15-13(21-11)16-6-8(4-12(16)17)7-22(14,18)19/h2-3,5,8H,4,6-7H2,1H3. The Morgan fingerprint density at radius 2 is 2.27 bits per heavy atom. The third kappa shape index (κ3) is 3.05. The lowest BCUT2D eigenvalue weighted by Gasteiger charge is -2.11. The highest BCUT2D eigenvalue weighted by atomic mass is 32.3. The molecule has 0 radical (unpaired) electrons. The van der Waals surface area contributed by atoms with Gasteiger partial charge in [0.05, 0.1) is 23.1 Å². The minimum Gasteiger partial charge on any atom is -0.497 e. The van der Waals surface area contributed by atoms with Crippen LogP contribution in [0.5, 0.6) is 5.75 Å². The first-order chi connectivity index (χ1) is 10.4. The van der Waals surface area contributed by atoms with Crippen molar-refractivity contribution in [3.05, 3.63) is 18.2 Å². The average Bonchev–Trinajstić information content (AvgIpc) is 2.98. The summed E-state index contributed by atoms with van der Waals surface area (Å²) in [5, 5.41) is 0.493. The van der Waals surface area contributed by atoms with Crippen LogP contribution in [-0.2, 0) is 15.0 Å². The lowest BCUT2D eigenvalue weighted by molar-refractivity contribution is -0.117. The number of hydrogen-bond acceptors (Lipinski definition) is 6. The van der Waals surface area contributed by atoms with Crippen molar-refractivity contribution in [1.29, 1.82) is 0 Å². The molecule has 0 aliphatic carbocycles. The third-order valence-corrected chi connectivity index (χ3v) is 5.38. The SMILES string of the molecule is COc1ccc2sc(N3CC(CS(=O)(=O)F)CC3=O)nc2c1. The lowest BCUT2D eigenvalue weighted by atomic mass is 10.1. The van der Waals surface area contributed by atoms with Gasteiger partial charge in [0, 0.05) is 24.9 Å². The van der Waals surface area contributed by atoms with Crippen molar-refractivity contribution >= 4 is 42.8 Å². The molecule has 1 saturated heterocycles. The van der Waals surface area contributed by atoms with Gasteiger partial charge >= 0.3 is 10.2 Å². The van der Waals surface area contributed by atoms with Crippen molar-refractivity contribution in [2.75, 3.05) is 24.3 Å². The molecule has 1 fully saturated rings. The molecule has 118 valence electrons. The Labute approximate surface area is 130 Å². The predicted octanol–water partition coefficient (Wildman–Crippen LogP) is 1.96. The number of halogens is 1. The predicted molar refractivity (Wildman–Crippen MR) is 81.5 cm³/mol. The van der Waals surface area contributed by atoms with Crippen molar-refractivity contribution in [3.63, 3.8) is 0 Å². The molecule has 1 amide bonds. The van der Waals surface area contributed by atoms with Crippen molar-refractivity contribution in [1.82, 2.24) is 4.98 Å². The molecule has 0 N–H and O–H groups in total. The summed E-state index contributed by atoms with van der Waals surface area (Å²) in [5.74, 6) is -0.740. The zero-order chi connectivity index (χ0) is 15.9. The summed E-state index contributed by atoms with van der Waals surface area (Å²) in [6.45, 7) is 0.166. The normalized spacial score (nSPS) is 19.1. The molecule has 1 aromatic carbocycles. The van der Waals surface area contributed by atoms with Crippen molar-refractivity contribution < 1.29 is 21.8 Å². The fourth-order valence-electron chi connectivity index (χ4n) is 2.50. The fourth-order valence-corrected chi connectivity index (χ4v) is 4.26. The Kier molecular flexibility index (Phi) is 3.77. The van der Waals surface area contributed by atoms with Crippen LogP contribution in [0.15, 0.2) is 18.2 Å². The molecule has 1 aliphatic heterocycles. The van der Waals surface area contributed by atoms with Gasteiger partial charge in [-0.2, -0.15) is 8.42 Å². The van der Waals surface area contributed by atoms with Crippen LogP contribution in [0.2, 0.25) is 0 Å². The van der Waals surface area contributed by atoms with E-state index in [0.29, 0.717) is 16.4 Å². The van der Waals surface area contributed by atoms with Gasteiger partial charge in [0.15, 0.2) is 5.13 Å². The first kappa shape index (κ1) is 15.2. The minimum atomic E-state index is -4.58. The number of aromatic nitrogens is 1. The molecule has 0 saturated carbocycles. The molecular formula is C13H13FN2O4S2. The molecule has 3 rings (SSSR count). The van der Waals surface area contributed by atoms with Gasteiger partial charge in [-0.25, -0.2) is 4.98 Å². The van der Waals surface area contributed by atoms with E-state index in [9.17, 15) is 17.1 Å². The van der Waals surface area contributed by atoms with Gasteiger partial charge in [-0.15, -0.1) is 3.89 Å². The van der Waals surface area contributed by atoms with E-state index < -0.39 is 21.9 Å². The zero-order valence-electron chi connectivity index (χ0n) is 11.7. The second kappa shape index (κ2) is 5.47. The number of rotatable bonds is 4. The molecule has 1 unspecified atom stereocenters. The van der Waals surface area contributed by atoms with Crippen LogP contribution in [0.3, 0.4) is 0 Å². The fraction of sp³-hybridized carbons (Fsp3) is 0.385. The van der Waals surface area contributed by atoms with E-state index in [1.165, 1.54) is 16.2 Å². The van der Waals surface area contributed by atoms with Crippen LogP contribution < -0.4 is 9.64 Å². The van der Waals surface area contributed by atoms with Gasteiger partial charge in [0.25, 0.3) is 0 Å². The lowest BCUT2D eigenvalue weighted by Crippen LogP contribution is -2.25. The number of carbonyl (C=O) groups excluding carboxylic acids is 1. The number of methoxy groups -OCH3 is 1. The Balaban J connectivity index is 1.86. The largest absolute Gasteiger partial charge is 0.497 e. The van der Waals surface area contributed by atoms with Crippen LogP contribution in [0.1, 0.15) is 6.42 Å². The molecular weight excluding hydrogens is 331 g/mol. The van der Waals surface area contributed by atoms with Crippen molar-refractivity contribution in [2.45, 2.75) is 6.42 Å². The Morgan fingerprint density at radius 1 is 1.50 bits per heavy atom. The Morgan fingerprint density at radius 3 is 2.95 bits per heavy atom. The van der Waals surface area contributed by atoms with Crippen LogP contribution in [-0.4, -0.2) is 38.7 Å². The highest BCUT2D eigenvalue weighted by Gasteiger charge is 2.35. The maximum atomic E-state index is 12.8. The first-order valence-corrected chi connectivity index (χ1v) is 8.90. The monoisotopic (exact) mass is 344 g/mol. The van der Waals surface area contributed by atoms with Gasteiger partial charge in [-0.05, 0) is 12.1 Å². The quantitative estimate of drug-likeness (QED) is 0.793. The van der Waals surface area contributed by atoms with E-state index in [4.69, 9.17) is 4.74 Å². The maximum Gasteiger partial charge on any atom is 0.302 e. The molecule has 0 bridgehead atoms. The summed E-state index contributed by atoms with van der Waals surface area (Å²) >= 11 is 1.33. The third-order valence-electron chi connectivity index (χ3n) is 3.45. The summed E-state index contributed by atoms with van der Waals surface area (Å²) in [5.41, 5.74) is 0.703. The Bertz CT molecular complexity index is 834. The number of thiazole rings is 1. The van der Waals surface area contributed by atoms with E-state index in [1.54, 1.807) is 19.2 Å². The number of benzene rings is 1. The van der Waals surface area contributed by atoms with Crippen LogP contribution in [0.4, 0.5) is 9.02 Å². The smallest absolute Gasteiger partial charge is 0.302 e. The maximum absolute atomic E-state index is 12.8. The second-order valence-electron chi connectivity index (χ2n) is 5.11. The Hall–Kier alpha value is -1.74. The van der Waals surface area contributed by atoms with E-state index in [0.717, 1.165) is 4.70 Å². The van der Waals surface area contributed by atoms with Gasteiger partial charge < -0.3 is 4.74 Å². The molecule has 2 heterocycles. The van der Waals surface area contributed by atoms with Gasteiger partial charge in [-0.3, -0.25) is 9.69 Å². The van der Waals surface area contributed by atoms with Crippen molar-refractivity contribution in [3.8, 4) is 5.75 Å². The summed E-state index contributed by atoms with van der Waals surface area (Å²) in [7, 11) is -3.03. The summed E-state index contributed by atoms with van der Waals surface area (Å²) in [6.07, 6.45) is 0.0163. The molecule has 6 nitrogen and oxygen atoms in total. The molecule has 22 heavy (non-hydrogen) atoms. The summed E-state index contributed by atoms with van der Waals surface area (Å²) in [6, 6.07) is 5.41.